The van der Waals surface area contributed by atoms with Crippen molar-refractivity contribution in [2.24, 2.45) is 5.92 Å². The lowest BCUT2D eigenvalue weighted by Gasteiger charge is -2.31. The first kappa shape index (κ1) is 24.4. The number of benzene rings is 2. The fourth-order valence-corrected chi connectivity index (χ4v) is 3.67. The van der Waals surface area contributed by atoms with E-state index in [4.69, 9.17) is 5.11 Å². The molecule has 0 radical (unpaired) electrons. The van der Waals surface area contributed by atoms with Gasteiger partial charge in [-0.1, -0.05) is 66.7 Å². The van der Waals surface area contributed by atoms with E-state index in [1.54, 1.807) is 11.8 Å². The molecule has 0 heterocycles. The third-order valence-electron chi connectivity index (χ3n) is 5.28. The van der Waals surface area contributed by atoms with E-state index in [1.165, 1.54) is 0 Å². The first-order chi connectivity index (χ1) is 14.2. The summed E-state index contributed by atoms with van der Waals surface area (Å²) >= 11 is 0. The molecule has 1 unspecified atom stereocenters. The summed E-state index contributed by atoms with van der Waals surface area (Å²) in [4.78, 5) is 26.2. The number of hydrogen-bond donors (Lipinski definition) is 2. The minimum atomic E-state index is -0.916. The molecule has 2 N–H and O–H groups in total. The van der Waals surface area contributed by atoms with Crippen LogP contribution in [0.2, 0.25) is 0 Å². The van der Waals surface area contributed by atoms with Crippen LogP contribution in [0.3, 0.4) is 0 Å². The van der Waals surface area contributed by atoms with Gasteiger partial charge in [0.1, 0.15) is 5.75 Å². The van der Waals surface area contributed by atoms with E-state index in [-0.39, 0.29) is 41.2 Å². The molecule has 5 heteroatoms. The highest BCUT2D eigenvalue weighted by Crippen LogP contribution is 2.43. The number of carboxylic acid groups (broad SMARTS) is 1. The van der Waals surface area contributed by atoms with Gasteiger partial charge in [-0.05, 0) is 41.0 Å². The maximum absolute atomic E-state index is 13.4. The number of phenolic OH excluding ortho intramolecular Hbond substituents is 1. The molecule has 0 fully saturated rings. The van der Waals surface area contributed by atoms with E-state index in [0.29, 0.717) is 11.4 Å². The number of carboxylic acids is 1. The first-order valence-corrected chi connectivity index (χ1v) is 10.7. The lowest BCUT2D eigenvalue weighted by atomic mass is 9.79. The maximum atomic E-state index is 13.4. The third-order valence-corrected chi connectivity index (χ3v) is 5.28. The van der Waals surface area contributed by atoms with Crippen LogP contribution >= 0.6 is 0 Å². The Morgan fingerprint density at radius 1 is 0.871 bits per heavy atom. The molecule has 2 aromatic rings. The van der Waals surface area contributed by atoms with Gasteiger partial charge in [-0.25, -0.2) is 0 Å². The molecule has 0 aliphatic carbocycles. The molecule has 0 saturated heterocycles. The zero-order valence-electron chi connectivity index (χ0n) is 19.7. The van der Waals surface area contributed by atoms with Gasteiger partial charge >= 0.3 is 5.97 Å². The highest BCUT2D eigenvalue weighted by molar-refractivity contribution is 6.01. The number of hydrogen-bond acceptors (Lipinski definition) is 3. The molecule has 1 amide bonds. The highest BCUT2D eigenvalue weighted by atomic mass is 16.4. The maximum Gasteiger partial charge on any atom is 0.303 e. The Kier molecular flexibility index (Phi) is 7.20. The molecular formula is C26H35NO4. The first-order valence-electron chi connectivity index (χ1n) is 10.7. The van der Waals surface area contributed by atoms with Crippen LogP contribution in [0.15, 0.2) is 42.5 Å². The largest absolute Gasteiger partial charge is 0.507 e. The zero-order valence-corrected chi connectivity index (χ0v) is 19.7. The van der Waals surface area contributed by atoms with Crippen molar-refractivity contribution in [3.8, 4) is 5.75 Å². The SMILES string of the molecule is CC(CC(=O)O)CC(=O)N(c1ccccc1)c1cc(C(C)(C)C)c(O)c(C(C)(C)C)c1. The minimum absolute atomic E-state index is 0.0650. The van der Waals surface area contributed by atoms with Gasteiger partial charge in [-0.2, -0.15) is 0 Å². The molecule has 0 saturated carbocycles. The number of carbonyl (C=O) groups is 2. The molecule has 31 heavy (non-hydrogen) atoms. The molecule has 0 aromatic heterocycles. The van der Waals surface area contributed by atoms with Crippen LogP contribution in [-0.2, 0) is 20.4 Å². The summed E-state index contributed by atoms with van der Waals surface area (Å²) < 4.78 is 0. The molecule has 0 aliphatic heterocycles. The fraction of sp³-hybridized carbons (Fsp3) is 0.462. The number of para-hydroxylation sites is 1. The van der Waals surface area contributed by atoms with Crippen LogP contribution < -0.4 is 4.90 Å². The van der Waals surface area contributed by atoms with Crippen LogP contribution in [0.1, 0.15) is 72.4 Å². The summed E-state index contributed by atoms with van der Waals surface area (Å²) in [6.07, 6.45) is 0.0439. The topological polar surface area (TPSA) is 77.8 Å². The van der Waals surface area contributed by atoms with E-state index in [9.17, 15) is 14.7 Å². The van der Waals surface area contributed by atoms with Crippen molar-refractivity contribution in [2.75, 3.05) is 4.90 Å². The van der Waals surface area contributed by atoms with Crippen molar-refractivity contribution in [2.45, 2.75) is 72.1 Å². The van der Waals surface area contributed by atoms with Crippen LogP contribution in [0, 0.1) is 5.92 Å². The zero-order chi connectivity index (χ0) is 23.6. The number of carbonyl (C=O) groups excluding carboxylic acids is 1. The quantitative estimate of drug-likeness (QED) is 0.581. The second kappa shape index (κ2) is 9.13. The number of anilines is 2. The normalized spacial score (nSPS) is 13.0. The Morgan fingerprint density at radius 3 is 1.77 bits per heavy atom. The molecule has 168 valence electrons. The van der Waals surface area contributed by atoms with Crippen LogP contribution in [-0.4, -0.2) is 22.1 Å². The molecule has 0 spiro atoms. The number of aromatic hydroxyl groups is 1. The second-order valence-electron chi connectivity index (χ2n) is 10.4. The molecule has 1 atom stereocenters. The van der Waals surface area contributed by atoms with Crippen LogP contribution in [0.4, 0.5) is 11.4 Å². The number of rotatable bonds is 6. The van der Waals surface area contributed by atoms with Crippen molar-refractivity contribution >= 4 is 23.3 Å². The molecule has 2 rings (SSSR count). The fourth-order valence-electron chi connectivity index (χ4n) is 3.67. The Labute approximate surface area is 185 Å². The van der Waals surface area contributed by atoms with Crippen molar-refractivity contribution < 1.29 is 19.8 Å². The lowest BCUT2D eigenvalue weighted by Crippen LogP contribution is -2.29. The van der Waals surface area contributed by atoms with Gasteiger partial charge in [0.05, 0.1) is 0 Å². The van der Waals surface area contributed by atoms with E-state index >= 15 is 0 Å². The van der Waals surface area contributed by atoms with E-state index in [0.717, 1.165) is 11.1 Å². The van der Waals surface area contributed by atoms with Gasteiger partial charge < -0.3 is 10.2 Å². The van der Waals surface area contributed by atoms with Crippen LogP contribution in [0.25, 0.3) is 0 Å². The summed E-state index contributed by atoms with van der Waals surface area (Å²) in [6, 6.07) is 13.1. The standard InChI is InChI=1S/C26H35NO4/c1-17(14-23(29)30)13-22(28)27(18-11-9-8-10-12-18)19-15-20(25(2,3)4)24(31)21(16-19)26(5,6)7/h8-12,15-17,31H,13-14H2,1-7H3,(H,29,30). The van der Waals surface area contributed by atoms with Crippen LogP contribution in [0.5, 0.6) is 5.75 Å². The Balaban J connectivity index is 2.68. The predicted molar refractivity (Wildman–Crippen MR) is 125 cm³/mol. The van der Waals surface area contributed by atoms with Crippen molar-refractivity contribution in [3.63, 3.8) is 0 Å². The van der Waals surface area contributed by atoms with Crippen molar-refractivity contribution in [1.82, 2.24) is 0 Å². The summed E-state index contributed by atoms with van der Waals surface area (Å²) in [5.41, 5.74) is 2.25. The van der Waals surface area contributed by atoms with Gasteiger partial charge in [0.25, 0.3) is 0 Å². The highest BCUT2D eigenvalue weighted by Gasteiger charge is 2.30. The predicted octanol–water partition coefficient (Wildman–Crippen LogP) is 6.15. The van der Waals surface area contributed by atoms with Crippen molar-refractivity contribution in [3.05, 3.63) is 53.6 Å². The number of nitrogens with zero attached hydrogens (tertiary/aromatic N) is 1. The minimum Gasteiger partial charge on any atom is -0.507 e. The van der Waals surface area contributed by atoms with Gasteiger partial charge in [0, 0.05) is 35.3 Å². The van der Waals surface area contributed by atoms with Gasteiger partial charge in [-0.3, -0.25) is 14.5 Å². The molecular weight excluding hydrogens is 390 g/mol. The molecule has 5 nitrogen and oxygen atoms in total. The molecule has 2 aromatic carbocycles. The summed E-state index contributed by atoms with van der Waals surface area (Å²) in [5, 5.41) is 20.2. The van der Waals surface area contributed by atoms with Crippen molar-refractivity contribution in [1.29, 1.82) is 0 Å². The molecule has 0 aliphatic rings. The second-order valence-corrected chi connectivity index (χ2v) is 10.4. The summed E-state index contributed by atoms with van der Waals surface area (Å²) in [5.74, 6) is -1.13. The molecule has 0 bridgehead atoms. The number of aliphatic carboxylic acids is 1. The lowest BCUT2D eigenvalue weighted by molar-refractivity contribution is -0.138. The average molecular weight is 426 g/mol. The number of amides is 1. The monoisotopic (exact) mass is 425 g/mol. The van der Waals surface area contributed by atoms with E-state index < -0.39 is 5.97 Å². The third kappa shape index (κ3) is 6.09. The van der Waals surface area contributed by atoms with E-state index in [1.807, 2.05) is 84.0 Å². The van der Waals surface area contributed by atoms with Gasteiger partial charge in [0.2, 0.25) is 5.91 Å². The van der Waals surface area contributed by atoms with Gasteiger partial charge in [-0.15, -0.1) is 0 Å². The van der Waals surface area contributed by atoms with E-state index in [2.05, 4.69) is 0 Å². The average Bonchev–Trinajstić information content (AvgIpc) is 2.61. The Bertz CT molecular complexity index is 901. The summed E-state index contributed by atoms with van der Waals surface area (Å²) in [7, 11) is 0. The smallest absolute Gasteiger partial charge is 0.303 e. The number of phenols is 1. The van der Waals surface area contributed by atoms with Gasteiger partial charge in [0.15, 0.2) is 0 Å². The Hall–Kier alpha value is -2.82. The summed E-state index contributed by atoms with van der Waals surface area (Å²) in [6.45, 7) is 13.9. The Morgan fingerprint density at radius 2 is 1.35 bits per heavy atom.